The van der Waals surface area contributed by atoms with Crippen molar-refractivity contribution < 1.29 is 32.6 Å². The van der Waals surface area contributed by atoms with Crippen LogP contribution in [0.2, 0.25) is 0 Å². The smallest absolute Gasteiger partial charge is 0.416 e. The number of alkyl halides is 3. The third-order valence-corrected chi connectivity index (χ3v) is 4.99. The third-order valence-electron chi connectivity index (χ3n) is 4.99. The Morgan fingerprint density at radius 1 is 1.19 bits per heavy atom. The van der Waals surface area contributed by atoms with Gasteiger partial charge in [-0.1, -0.05) is 18.2 Å². The lowest BCUT2D eigenvalue weighted by atomic mass is 10.0. The van der Waals surface area contributed by atoms with Crippen molar-refractivity contribution in [3.8, 4) is 0 Å². The van der Waals surface area contributed by atoms with E-state index in [1.54, 1.807) is 0 Å². The molecule has 5 nitrogen and oxygen atoms in total. The van der Waals surface area contributed by atoms with Crippen LogP contribution in [0.4, 0.5) is 13.2 Å². The number of carboxylic acids is 1. The molecule has 1 amide bonds. The molecule has 1 saturated heterocycles. The number of aliphatic carboxylic acids is 1. The summed E-state index contributed by atoms with van der Waals surface area (Å²) in [5.41, 5.74) is -0.614. The van der Waals surface area contributed by atoms with Crippen LogP contribution in [-0.4, -0.2) is 47.7 Å². The van der Waals surface area contributed by atoms with E-state index in [0.717, 1.165) is 6.07 Å². The molecule has 142 valence electrons. The fraction of sp³-hybridized carbons (Fsp3) is 0.556. The lowest BCUT2D eigenvalue weighted by molar-refractivity contribution is -0.148. The van der Waals surface area contributed by atoms with E-state index >= 15 is 0 Å². The van der Waals surface area contributed by atoms with Gasteiger partial charge in [0, 0.05) is 25.2 Å². The molecule has 2 aliphatic rings. The summed E-state index contributed by atoms with van der Waals surface area (Å²) in [5, 5.41) is 9.13. The number of carboxylic acid groups (broad SMARTS) is 1. The molecule has 0 spiro atoms. The monoisotopic (exact) mass is 371 g/mol. The van der Waals surface area contributed by atoms with Crippen molar-refractivity contribution in [2.75, 3.05) is 19.8 Å². The molecule has 26 heavy (non-hydrogen) atoms. The van der Waals surface area contributed by atoms with Crippen molar-refractivity contribution in [2.45, 2.75) is 37.4 Å². The van der Waals surface area contributed by atoms with Gasteiger partial charge in [-0.05, 0) is 36.8 Å². The molecule has 1 aliphatic heterocycles. The third kappa shape index (κ3) is 4.00. The van der Waals surface area contributed by atoms with E-state index in [-0.39, 0.29) is 17.5 Å². The summed E-state index contributed by atoms with van der Waals surface area (Å²) in [5.74, 6) is -2.61. The highest BCUT2D eigenvalue weighted by Crippen LogP contribution is 2.52. The minimum absolute atomic E-state index is 0.112. The predicted octanol–water partition coefficient (Wildman–Crippen LogP) is 2.90. The lowest BCUT2D eigenvalue weighted by Gasteiger charge is -2.33. The molecular formula is C18H20F3NO4. The molecular weight excluding hydrogens is 351 g/mol. The van der Waals surface area contributed by atoms with Crippen LogP contribution in [0.5, 0.6) is 0 Å². The highest BCUT2D eigenvalue weighted by Gasteiger charge is 2.50. The predicted molar refractivity (Wildman–Crippen MR) is 85.5 cm³/mol. The normalized spacial score (nSPS) is 23.5. The van der Waals surface area contributed by atoms with Gasteiger partial charge < -0.3 is 14.7 Å². The molecule has 1 aromatic rings. The summed E-state index contributed by atoms with van der Waals surface area (Å²) in [6, 6.07) is 5.02. The van der Waals surface area contributed by atoms with E-state index in [9.17, 15) is 22.8 Å². The number of rotatable bonds is 5. The summed E-state index contributed by atoms with van der Waals surface area (Å²) in [4.78, 5) is 25.3. The topological polar surface area (TPSA) is 66.8 Å². The van der Waals surface area contributed by atoms with Crippen LogP contribution < -0.4 is 0 Å². The number of halogens is 3. The summed E-state index contributed by atoms with van der Waals surface area (Å²) in [6.45, 7) is 0.450. The zero-order valence-electron chi connectivity index (χ0n) is 14.0. The van der Waals surface area contributed by atoms with E-state index < -0.39 is 36.1 Å². The van der Waals surface area contributed by atoms with Gasteiger partial charge in [0.1, 0.15) is 6.54 Å². The Morgan fingerprint density at radius 3 is 2.46 bits per heavy atom. The number of hydrogen-bond acceptors (Lipinski definition) is 3. The van der Waals surface area contributed by atoms with E-state index in [4.69, 9.17) is 9.84 Å². The maximum atomic E-state index is 13.2. The largest absolute Gasteiger partial charge is 0.480 e. The Labute approximate surface area is 148 Å². The molecule has 0 radical (unpaired) electrons. The number of carbonyl (C=O) groups is 2. The molecule has 8 heteroatoms. The van der Waals surface area contributed by atoms with E-state index in [2.05, 4.69) is 0 Å². The zero-order valence-corrected chi connectivity index (χ0v) is 14.0. The molecule has 0 aromatic heterocycles. The summed E-state index contributed by atoms with van der Waals surface area (Å²) >= 11 is 0. The van der Waals surface area contributed by atoms with Crippen LogP contribution in [0, 0.1) is 5.92 Å². The molecule has 1 saturated carbocycles. The van der Waals surface area contributed by atoms with Crippen molar-refractivity contribution in [3.63, 3.8) is 0 Å². The first-order chi connectivity index (χ1) is 12.3. The van der Waals surface area contributed by atoms with E-state index in [0.29, 0.717) is 32.5 Å². The fourth-order valence-electron chi connectivity index (χ4n) is 3.63. The van der Waals surface area contributed by atoms with Gasteiger partial charge in [0.2, 0.25) is 5.91 Å². The van der Waals surface area contributed by atoms with Gasteiger partial charge in [-0.3, -0.25) is 9.59 Å². The van der Waals surface area contributed by atoms with Crippen LogP contribution >= 0.6 is 0 Å². The van der Waals surface area contributed by atoms with Crippen molar-refractivity contribution in [1.29, 1.82) is 0 Å². The Balaban J connectivity index is 1.77. The Morgan fingerprint density at radius 2 is 1.85 bits per heavy atom. The number of nitrogens with zero attached hydrogens (tertiary/aromatic N) is 1. The number of ether oxygens (including phenoxy) is 1. The Bertz CT molecular complexity index is 685. The number of carbonyl (C=O) groups excluding carboxylic acids is 1. The van der Waals surface area contributed by atoms with Crippen molar-refractivity contribution in [1.82, 2.24) is 4.90 Å². The van der Waals surface area contributed by atoms with Crippen LogP contribution in [0.25, 0.3) is 0 Å². The molecule has 3 rings (SSSR count). The highest BCUT2D eigenvalue weighted by molar-refractivity contribution is 5.86. The van der Waals surface area contributed by atoms with Gasteiger partial charge in [0.25, 0.3) is 0 Å². The summed E-state index contributed by atoms with van der Waals surface area (Å²) < 4.78 is 44.8. The molecule has 2 fully saturated rings. The maximum Gasteiger partial charge on any atom is 0.416 e. The molecule has 1 N–H and O–H groups in total. The van der Waals surface area contributed by atoms with Crippen LogP contribution in [0.3, 0.4) is 0 Å². The molecule has 0 bridgehead atoms. The minimum atomic E-state index is -4.48. The number of hydrogen-bond donors (Lipinski definition) is 1. The average molecular weight is 371 g/mol. The first-order valence-corrected chi connectivity index (χ1v) is 8.55. The second-order valence-electron chi connectivity index (χ2n) is 6.74. The number of amides is 1. The van der Waals surface area contributed by atoms with Crippen LogP contribution in [-0.2, 0) is 20.5 Å². The fourth-order valence-corrected chi connectivity index (χ4v) is 3.63. The Hall–Kier alpha value is -2.09. The maximum absolute atomic E-state index is 13.2. The molecule has 1 aromatic carbocycles. The van der Waals surface area contributed by atoms with Crippen LogP contribution in [0.15, 0.2) is 24.3 Å². The average Bonchev–Trinajstić information content (AvgIpc) is 3.39. The van der Waals surface area contributed by atoms with Gasteiger partial charge in [-0.25, -0.2) is 0 Å². The molecule has 1 aliphatic carbocycles. The molecule has 2 atom stereocenters. The number of benzene rings is 1. The van der Waals surface area contributed by atoms with Crippen molar-refractivity contribution >= 4 is 11.9 Å². The molecule has 0 unspecified atom stereocenters. The summed E-state index contributed by atoms with van der Waals surface area (Å²) in [7, 11) is 0. The Kier molecular flexibility index (Phi) is 5.22. The lowest BCUT2D eigenvalue weighted by Crippen LogP contribution is -2.46. The first-order valence-electron chi connectivity index (χ1n) is 8.55. The van der Waals surface area contributed by atoms with Gasteiger partial charge in [-0.2, -0.15) is 13.2 Å². The van der Waals surface area contributed by atoms with E-state index in [1.807, 2.05) is 0 Å². The highest BCUT2D eigenvalue weighted by atomic mass is 19.4. The first kappa shape index (κ1) is 18.7. The van der Waals surface area contributed by atoms with Gasteiger partial charge in [-0.15, -0.1) is 0 Å². The van der Waals surface area contributed by atoms with Crippen molar-refractivity contribution in [3.05, 3.63) is 35.4 Å². The summed E-state index contributed by atoms with van der Waals surface area (Å²) in [6.07, 6.45) is -3.09. The SMILES string of the molecule is O=C(O)CN(C(=O)[C@H]1C[C@H]1c1ccccc1C(F)(F)F)C1CCOCC1. The molecule has 1 heterocycles. The van der Waals surface area contributed by atoms with Crippen molar-refractivity contribution in [2.24, 2.45) is 5.92 Å². The van der Waals surface area contributed by atoms with Gasteiger partial charge in [0.05, 0.1) is 5.56 Å². The minimum Gasteiger partial charge on any atom is -0.480 e. The standard InChI is InChI=1S/C18H20F3NO4/c19-18(20,21)15-4-2-1-3-12(15)13-9-14(13)17(25)22(10-16(23)24)11-5-7-26-8-6-11/h1-4,11,13-14H,5-10H2,(H,23,24)/t13-,14-/m0/s1. The van der Waals surface area contributed by atoms with E-state index in [1.165, 1.54) is 23.1 Å². The van der Waals surface area contributed by atoms with Crippen LogP contribution in [0.1, 0.15) is 36.3 Å². The quantitative estimate of drug-likeness (QED) is 0.864. The second-order valence-corrected chi connectivity index (χ2v) is 6.74. The van der Waals surface area contributed by atoms with Gasteiger partial charge >= 0.3 is 12.1 Å². The van der Waals surface area contributed by atoms with Gasteiger partial charge in [0.15, 0.2) is 0 Å². The zero-order chi connectivity index (χ0) is 18.9. The second kappa shape index (κ2) is 7.26.